The molecule has 1 N–H and O–H groups in total. The van der Waals surface area contributed by atoms with Crippen molar-refractivity contribution >= 4 is 40.5 Å². The Morgan fingerprint density at radius 1 is 1.25 bits per heavy atom. The molecule has 0 saturated carbocycles. The highest BCUT2D eigenvalue weighted by Crippen LogP contribution is 2.22. The van der Waals surface area contributed by atoms with Crippen molar-refractivity contribution in [3.8, 4) is 0 Å². The number of carbonyl (C=O) groups is 1. The number of halogens is 2. The van der Waals surface area contributed by atoms with Gasteiger partial charge >= 0.3 is 0 Å². The summed E-state index contributed by atoms with van der Waals surface area (Å²) in [5, 5.41) is 13.9. The van der Waals surface area contributed by atoms with E-state index in [1.54, 1.807) is 24.3 Å². The summed E-state index contributed by atoms with van der Waals surface area (Å²) in [7, 11) is 0. The van der Waals surface area contributed by atoms with Gasteiger partial charge in [-0.1, -0.05) is 23.2 Å². The maximum atomic E-state index is 12.0. The topological polar surface area (TPSA) is 85.1 Å². The molecular formula is C12H7Cl2N3O3. The monoisotopic (exact) mass is 311 g/mol. The van der Waals surface area contributed by atoms with Crippen LogP contribution < -0.4 is 5.32 Å². The Labute approximate surface area is 123 Å². The lowest BCUT2D eigenvalue weighted by molar-refractivity contribution is -0.385. The fraction of sp³-hybridized carbons (Fsp3) is 0. The Hall–Kier alpha value is -2.18. The minimum Gasteiger partial charge on any atom is -0.322 e. The lowest BCUT2D eigenvalue weighted by Crippen LogP contribution is -2.14. The van der Waals surface area contributed by atoms with Gasteiger partial charge in [0.2, 0.25) is 0 Å². The van der Waals surface area contributed by atoms with E-state index in [4.69, 9.17) is 23.2 Å². The van der Waals surface area contributed by atoms with Crippen LogP contribution in [0.3, 0.4) is 0 Å². The van der Waals surface area contributed by atoms with Crippen molar-refractivity contribution in [1.29, 1.82) is 0 Å². The second kappa shape index (κ2) is 5.85. The summed E-state index contributed by atoms with van der Waals surface area (Å²) in [6.45, 7) is 0. The molecular weight excluding hydrogens is 305 g/mol. The Morgan fingerprint density at radius 2 is 1.90 bits per heavy atom. The first kappa shape index (κ1) is 14.2. The van der Waals surface area contributed by atoms with Crippen LogP contribution in [0.2, 0.25) is 10.2 Å². The van der Waals surface area contributed by atoms with Crippen LogP contribution >= 0.6 is 23.2 Å². The average Bonchev–Trinajstić information content (AvgIpc) is 2.41. The van der Waals surface area contributed by atoms with Gasteiger partial charge in [0.1, 0.15) is 16.9 Å². The van der Waals surface area contributed by atoms with Gasteiger partial charge in [-0.05, 0) is 30.3 Å². The molecule has 0 atom stereocenters. The van der Waals surface area contributed by atoms with Gasteiger partial charge in [0.25, 0.3) is 11.6 Å². The van der Waals surface area contributed by atoms with Crippen molar-refractivity contribution in [3.05, 3.63) is 62.4 Å². The first-order valence-electron chi connectivity index (χ1n) is 5.34. The molecule has 0 aliphatic heterocycles. The fourth-order valence-corrected chi connectivity index (χ4v) is 1.77. The van der Waals surface area contributed by atoms with Gasteiger partial charge in [-0.15, -0.1) is 0 Å². The van der Waals surface area contributed by atoms with Crippen LogP contribution in [-0.2, 0) is 0 Å². The number of hydrogen-bond acceptors (Lipinski definition) is 4. The van der Waals surface area contributed by atoms with Crippen LogP contribution in [0, 0.1) is 10.1 Å². The average molecular weight is 312 g/mol. The van der Waals surface area contributed by atoms with Crippen LogP contribution in [0.4, 0.5) is 11.4 Å². The highest BCUT2D eigenvalue weighted by Gasteiger charge is 2.21. The van der Waals surface area contributed by atoms with Gasteiger partial charge in [-0.2, -0.15) is 0 Å². The van der Waals surface area contributed by atoms with Gasteiger partial charge in [0.15, 0.2) is 0 Å². The van der Waals surface area contributed by atoms with E-state index in [9.17, 15) is 14.9 Å². The number of nitrogens with one attached hydrogen (secondary N) is 1. The number of nitrogens with zero attached hydrogens (tertiary/aromatic N) is 2. The van der Waals surface area contributed by atoms with E-state index in [0.29, 0.717) is 10.7 Å². The smallest absolute Gasteiger partial charge is 0.300 e. The summed E-state index contributed by atoms with van der Waals surface area (Å²) >= 11 is 11.4. The zero-order valence-electron chi connectivity index (χ0n) is 9.84. The molecule has 1 amide bonds. The molecule has 0 aliphatic carbocycles. The predicted octanol–water partition coefficient (Wildman–Crippen LogP) is 3.55. The van der Waals surface area contributed by atoms with Crippen LogP contribution in [0.1, 0.15) is 10.4 Å². The summed E-state index contributed by atoms with van der Waals surface area (Å²) in [5.74, 6) is -0.650. The van der Waals surface area contributed by atoms with Gasteiger partial charge < -0.3 is 5.32 Å². The standard InChI is InChI=1S/C12H7Cl2N3O3/c13-7-1-3-8(4-2-7)16-12(18)9-5-11(14)15-6-10(9)17(19)20/h1-6H,(H,16,18). The molecule has 0 bridgehead atoms. The molecule has 2 rings (SSSR count). The molecule has 0 radical (unpaired) electrons. The van der Waals surface area contributed by atoms with E-state index < -0.39 is 16.5 Å². The third-order valence-corrected chi connectivity index (χ3v) is 2.85. The van der Waals surface area contributed by atoms with Gasteiger partial charge in [-0.3, -0.25) is 14.9 Å². The van der Waals surface area contributed by atoms with E-state index >= 15 is 0 Å². The number of aromatic nitrogens is 1. The molecule has 8 heteroatoms. The quantitative estimate of drug-likeness (QED) is 0.533. The van der Waals surface area contributed by atoms with Crippen molar-refractivity contribution in [2.24, 2.45) is 0 Å². The maximum Gasteiger partial charge on any atom is 0.300 e. The van der Waals surface area contributed by atoms with Crippen molar-refractivity contribution < 1.29 is 9.72 Å². The zero-order chi connectivity index (χ0) is 14.7. The molecule has 0 fully saturated rings. The SMILES string of the molecule is O=C(Nc1ccc(Cl)cc1)c1cc(Cl)ncc1[N+](=O)[O-]. The van der Waals surface area contributed by atoms with Crippen LogP contribution in [0.5, 0.6) is 0 Å². The van der Waals surface area contributed by atoms with Gasteiger partial charge in [-0.25, -0.2) is 4.98 Å². The molecule has 102 valence electrons. The summed E-state index contributed by atoms with van der Waals surface area (Å²) in [5.41, 5.74) is -0.118. The minimum absolute atomic E-state index is 0.00291. The molecule has 0 spiro atoms. The molecule has 0 unspecified atom stereocenters. The first-order chi connectivity index (χ1) is 9.47. The molecule has 1 heterocycles. The zero-order valence-corrected chi connectivity index (χ0v) is 11.4. The summed E-state index contributed by atoms with van der Waals surface area (Å²) in [6.07, 6.45) is 0.944. The number of hydrogen-bond donors (Lipinski definition) is 1. The lowest BCUT2D eigenvalue weighted by atomic mass is 10.2. The number of pyridine rings is 1. The Kier molecular flexibility index (Phi) is 4.16. The van der Waals surface area contributed by atoms with E-state index in [-0.39, 0.29) is 10.7 Å². The highest BCUT2D eigenvalue weighted by molar-refractivity contribution is 6.30. The molecule has 6 nitrogen and oxygen atoms in total. The van der Waals surface area contributed by atoms with E-state index in [1.165, 1.54) is 0 Å². The second-order valence-electron chi connectivity index (χ2n) is 3.74. The third kappa shape index (κ3) is 3.23. The first-order valence-corrected chi connectivity index (χ1v) is 6.10. The molecule has 20 heavy (non-hydrogen) atoms. The fourth-order valence-electron chi connectivity index (χ4n) is 1.48. The van der Waals surface area contributed by atoms with Crippen molar-refractivity contribution in [2.45, 2.75) is 0 Å². The summed E-state index contributed by atoms with van der Waals surface area (Å²) in [4.78, 5) is 25.8. The lowest BCUT2D eigenvalue weighted by Gasteiger charge is -2.06. The van der Waals surface area contributed by atoms with Crippen molar-refractivity contribution in [3.63, 3.8) is 0 Å². The maximum absolute atomic E-state index is 12.0. The van der Waals surface area contributed by atoms with Crippen molar-refractivity contribution in [1.82, 2.24) is 4.98 Å². The highest BCUT2D eigenvalue weighted by atomic mass is 35.5. The van der Waals surface area contributed by atoms with Crippen LogP contribution in [0.25, 0.3) is 0 Å². The van der Waals surface area contributed by atoms with E-state index in [2.05, 4.69) is 10.3 Å². The van der Waals surface area contributed by atoms with Gasteiger partial charge in [0.05, 0.1) is 4.92 Å². The molecule has 1 aromatic heterocycles. The summed E-state index contributed by atoms with van der Waals surface area (Å²) < 4.78 is 0. The third-order valence-electron chi connectivity index (χ3n) is 2.39. The number of rotatable bonds is 3. The summed E-state index contributed by atoms with van der Waals surface area (Å²) in [6, 6.07) is 7.48. The normalized spacial score (nSPS) is 10.1. The number of nitro groups is 1. The number of anilines is 1. The van der Waals surface area contributed by atoms with Crippen LogP contribution in [-0.4, -0.2) is 15.8 Å². The Balaban J connectivity index is 2.31. The number of amides is 1. The van der Waals surface area contributed by atoms with Crippen molar-refractivity contribution in [2.75, 3.05) is 5.32 Å². The van der Waals surface area contributed by atoms with E-state index in [1.807, 2.05) is 0 Å². The predicted molar refractivity (Wildman–Crippen MR) is 75.3 cm³/mol. The van der Waals surface area contributed by atoms with Gasteiger partial charge in [0, 0.05) is 10.7 Å². The Morgan fingerprint density at radius 3 is 2.50 bits per heavy atom. The number of benzene rings is 1. The molecule has 0 aliphatic rings. The van der Waals surface area contributed by atoms with E-state index in [0.717, 1.165) is 12.3 Å². The molecule has 0 saturated heterocycles. The van der Waals surface area contributed by atoms with Crippen LogP contribution in [0.15, 0.2) is 36.5 Å². The molecule has 2 aromatic rings. The molecule has 1 aromatic carbocycles. The largest absolute Gasteiger partial charge is 0.322 e. The minimum atomic E-state index is -0.694. The Bertz CT molecular complexity index is 674. The second-order valence-corrected chi connectivity index (χ2v) is 4.57. The number of carbonyl (C=O) groups excluding carboxylic acids is 1.